The van der Waals surface area contributed by atoms with E-state index < -0.39 is 0 Å². The number of anilines is 16. The fourth-order valence-electron chi connectivity index (χ4n) is 14.9. The number of rotatable bonds is 26. The van der Waals surface area contributed by atoms with Crippen LogP contribution in [0.5, 0.6) is 11.8 Å². The molecule has 0 aromatic carbocycles. The summed E-state index contributed by atoms with van der Waals surface area (Å²) in [5, 5.41) is 34.0. The van der Waals surface area contributed by atoms with Crippen LogP contribution in [0.1, 0.15) is 12.8 Å². The molecule has 0 saturated carbocycles. The van der Waals surface area contributed by atoms with Crippen LogP contribution in [-0.4, -0.2) is 348 Å². The molecule has 0 amide bonds. The third-order valence-electron chi connectivity index (χ3n) is 22.1. The third kappa shape index (κ3) is 27.8. The molecule has 0 spiro atoms. The van der Waals surface area contributed by atoms with Gasteiger partial charge in [0.05, 0.1) is 185 Å². The van der Waals surface area contributed by atoms with E-state index in [0.717, 1.165) is 205 Å². The highest BCUT2D eigenvalue weighted by Gasteiger charge is 2.35. The van der Waals surface area contributed by atoms with Gasteiger partial charge in [-0.25, -0.2) is 36.2 Å². The number of likely N-dealkylation sites (N-methyl/N-ethyl adjacent to an activating group) is 4. The molecule has 2 aliphatic heterocycles. The molecule has 1 unspecified atom stereocenters. The number of hydrogen-bond donors (Lipinski definition) is 9. The number of nitrogens with two attached hydrogens (primary N) is 6. The lowest BCUT2D eigenvalue weighted by atomic mass is 10.2. The molecule has 15 rings (SSSR count). The Morgan fingerprint density at radius 1 is 0.405 bits per heavy atom. The normalized spacial score (nSPS) is 13.2. The van der Waals surface area contributed by atoms with E-state index in [9.17, 15) is 0 Å². The number of piperazine rings is 1. The van der Waals surface area contributed by atoms with E-state index in [2.05, 4.69) is 164 Å². The first-order chi connectivity index (χ1) is 58.8. The maximum absolute atomic E-state index is 6.46. The van der Waals surface area contributed by atoms with Crippen molar-refractivity contribution in [1.82, 2.24) is 62.3 Å². The Hall–Kier alpha value is -12.5. The molecule has 13 aromatic heterocycles. The summed E-state index contributed by atoms with van der Waals surface area (Å²) in [5.74, 6) is 4.36. The maximum atomic E-state index is 6.46. The number of nitrogens with zero attached hydrogens (tertiary/aromatic N) is 26. The van der Waals surface area contributed by atoms with Gasteiger partial charge in [-0.15, -0.1) is 30.6 Å². The molecule has 131 heavy (non-hydrogen) atoms. The average Bonchev–Trinajstić information content (AvgIpc) is 1.62. The Bertz CT molecular complexity index is 5560. The van der Waals surface area contributed by atoms with E-state index in [1.54, 1.807) is 13.9 Å². The first kappa shape index (κ1) is 111. The van der Waals surface area contributed by atoms with Crippen molar-refractivity contribution in [1.29, 1.82) is 0 Å². The molecule has 728 valence electrons. The molecule has 15 heterocycles. The van der Waals surface area contributed by atoms with Gasteiger partial charge in [0.1, 0.15) is 112 Å². The molecule has 0 bridgehead atoms. The van der Waals surface area contributed by atoms with Crippen LogP contribution in [0.25, 0.3) is 33.1 Å². The van der Waals surface area contributed by atoms with Crippen LogP contribution in [0.15, 0.2) is 129 Å². The Balaban J connectivity index is 0.000000326. The van der Waals surface area contributed by atoms with Crippen molar-refractivity contribution < 1.29 is 36.9 Å². The van der Waals surface area contributed by atoms with Crippen molar-refractivity contribution in [2.24, 2.45) is 7.05 Å². The van der Waals surface area contributed by atoms with Crippen LogP contribution in [0, 0.1) is 44.6 Å². The summed E-state index contributed by atoms with van der Waals surface area (Å²) in [4.78, 5) is 18.5. The van der Waals surface area contributed by atoms with Crippen LogP contribution in [0.2, 0.25) is 0 Å². The van der Waals surface area contributed by atoms with Gasteiger partial charge in [0, 0.05) is 148 Å². The summed E-state index contributed by atoms with van der Waals surface area (Å²) in [7, 11) is 54.5. The van der Waals surface area contributed by atoms with Gasteiger partial charge < -0.3 is 161 Å². The first-order valence-electron chi connectivity index (χ1n) is 42.7. The third-order valence-corrected chi connectivity index (χ3v) is 22.1. The molecular formula is C94H165N35O2. The number of ether oxygens (including phenoxy) is 2. The molecule has 15 N–H and O–H groups in total. The van der Waals surface area contributed by atoms with Crippen LogP contribution in [-0.2, 0) is 13.6 Å². The first-order valence-corrected chi connectivity index (χ1v) is 42.7. The van der Waals surface area contributed by atoms with Gasteiger partial charge in [-0.1, -0.05) is 0 Å². The van der Waals surface area contributed by atoms with Crippen molar-refractivity contribution in [3.05, 3.63) is 173 Å². The molecule has 37 nitrogen and oxygen atoms in total. The fraction of sp³-hybridized carbons (Fsp3) is 0.457. The van der Waals surface area contributed by atoms with Crippen molar-refractivity contribution in [2.45, 2.75) is 25.4 Å². The Kier molecular flexibility index (Phi) is 39.7. The van der Waals surface area contributed by atoms with Crippen LogP contribution in [0.3, 0.4) is 0 Å². The minimum Gasteiger partial charge on any atom is -0.471 e. The number of aromatic nitrogens is 14. The van der Waals surface area contributed by atoms with Gasteiger partial charge in [0.2, 0.25) is 6.33 Å². The Morgan fingerprint density at radius 3 is 1.07 bits per heavy atom. The van der Waals surface area contributed by atoms with Gasteiger partial charge in [-0.3, -0.25) is 0 Å². The van der Waals surface area contributed by atoms with Gasteiger partial charge in [0.25, 0.3) is 11.8 Å². The number of hydrogen-bond acceptors (Lipinski definition) is 24. The lowest BCUT2D eigenvalue weighted by Gasteiger charge is -2.31. The highest BCUT2D eigenvalue weighted by molar-refractivity contribution is 5.95. The lowest BCUT2D eigenvalue weighted by Crippen LogP contribution is -3.12. The predicted molar refractivity (Wildman–Crippen MR) is 556 cm³/mol. The number of nitrogens with one attached hydrogen (secondary N) is 3. The number of quaternary nitrogens is 5. The SMILES string of the molecule is CN(C)c1cccn2nc(N3CCC([N+](C)(C)C)C3)c(N)c12.CN(C)c1cccn2nc(N3CC[NH+](C)CC3)c(N)c12.CN(C)c1cccn2nc(NCCC[N+](C)(C)C)c(N)c12.CN(C)c1cccn2nc(NCC[N+](C)(C)C)c(N)c12.CN(C)c1cccn2nc(OCC[N+](C)(C)C)c(N)c12.CN(C)c1cccn2nc(OCCn3cc[n+](C)c3)c(N)c12.[CH3-].[CH3-].[CH3-].[CH3-].[CH3-].[CH3-]. The largest absolute Gasteiger partial charge is 0.471 e. The second-order valence-corrected chi connectivity index (χ2v) is 37.6. The Labute approximate surface area is 782 Å². The molecule has 13 aromatic rings. The minimum atomic E-state index is 0. The van der Waals surface area contributed by atoms with E-state index in [-0.39, 0.29) is 44.6 Å². The molecular weight excluding hydrogens is 1650 g/mol. The Morgan fingerprint density at radius 2 is 0.733 bits per heavy atom. The monoisotopic (exact) mass is 1820 g/mol. The summed E-state index contributed by atoms with van der Waals surface area (Å²) in [6.07, 6.45) is 19.8. The van der Waals surface area contributed by atoms with E-state index >= 15 is 0 Å². The zero-order chi connectivity index (χ0) is 91.5. The molecule has 2 fully saturated rings. The van der Waals surface area contributed by atoms with Crippen LogP contribution < -0.4 is 103 Å². The minimum absolute atomic E-state index is 0. The molecule has 0 aliphatic carbocycles. The van der Waals surface area contributed by atoms with E-state index in [1.807, 2.05) is 250 Å². The average molecular weight is 1820 g/mol. The van der Waals surface area contributed by atoms with Gasteiger partial charge in [0.15, 0.2) is 23.3 Å². The number of imidazole rings is 1. The summed E-state index contributed by atoms with van der Waals surface area (Å²) >= 11 is 0. The maximum Gasteiger partial charge on any atom is 0.257 e. The van der Waals surface area contributed by atoms with Crippen molar-refractivity contribution in [3.8, 4) is 11.8 Å². The topological polar surface area (TPSA) is 342 Å². The number of pyridine rings is 6. The van der Waals surface area contributed by atoms with Crippen LogP contribution >= 0.6 is 0 Å². The summed E-state index contributed by atoms with van der Waals surface area (Å²) in [5.41, 5.74) is 53.9. The summed E-state index contributed by atoms with van der Waals surface area (Å²) in [6.45, 7) is 12.9. The molecule has 37 heteroatoms. The van der Waals surface area contributed by atoms with Crippen LogP contribution in [0.4, 0.5) is 91.5 Å². The number of nitrogen functional groups attached to an aromatic ring is 6. The number of aryl methyl sites for hydroxylation is 1. The van der Waals surface area contributed by atoms with Crippen molar-refractivity contribution >= 4 is 125 Å². The van der Waals surface area contributed by atoms with E-state index in [1.165, 1.54) is 6.42 Å². The second kappa shape index (κ2) is 46.9. The van der Waals surface area contributed by atoms with E-state index in [4.69, 9.17) is 49.0 Å². The standard InChI is InChI=1S/C16H27N6.C15H21N6O.C15H27N6.C14H22N6.C14H25N6.C14H24N5O.6CH3/c1-19(2)13-7-6-9-21-15(13)14(17)16(18-21)20-10-8-12(11-20)22(3,4)5;1-18(2)12-5-4-6-21-14(12)13(16)15(17-21)22-10-9-20-8-7-19(3)11-20;1-19(2)12-8-6-10-20-14(12)13(16)15(18-20)17-9-7-11-21(3,4)5;1-17(2)11-5-4-6-20-13(11)12(15)14(16-20)19-9-7-18(3)8-10-19;1-18(2)11-7-6-9-19-13(11)12(15)14(17-19)16-8-10-20(3,4)5;1-17(2)11-7-6-8-18-13(11)12(15)14(16-18)20-10-9-19(3,4)5;;;;;;/h6-7,9,12H,8,10-11,17H2,1-5H3;4-8,11H,9-10,16H2,1-3H3;6,8,10H,7,9,11,16H2,1-5H3,(H,17,18);4-6H,7-10,15H2,1-3H3;6-7,9H,8,10,15H2,1-5H3,(H,16,17);6-8H,9-10,15H2,1-5H3;6*1H3/q3*+1;;2*+1;6*-1/p+1. The quantitative estimate of drug-likeness (QED) is 0.0109. The van der Waals surface area contributed by atoms with Crippen molar-refractivity contribution in [2.75, 3.05) is 346 Å². The predicted octanol–water partition coefficient (Wildman–Crippen LogP) is 7.63. The zero-order valence-corrected chi connectivity index (χ0v) is 85.4. The molecule has 2 aliphatic rings. The van der Waals surface area contributed by atoms with Gasteiger partial charge in [-0.2, -0.15) is 0 Å². The van der Waals surface area contributed by atoms with E-state index in [0.29, 0.717) is 53.8 Å². The highest BCUT2D eigenvalue weighted by Crippen LogP contribution is 2.39. The van der Waals surface area contributed by atoms with Gasteiger partial charge >= 0.3 is 0 Å². The summed E-state index contributed by atoms with van der Waals surface area (Å²) < 4.78 is 30.2. The van der Waals surface area contributed by atoms with Gasteiger partial charge in [-0.05, 0) is 72.8 Å². The smallest absolute Gasteiger partial charge is 0.257 e. The summed E-state index contributed by atoms with van der Waals surface area (Å²) in [6, 6.07) is 24.8. The molecule has 0 radical (unpaired) electrons. The van der Waals surface area contributed by atoms with Crippen molar-refractivity contribution in [3.63, 3.8) is 0 Å². The number of fused-ring (bicyclic) bond motifs is 6. The molecule has 2 saturated heterocycles. The zero-order valence-electron chi connectivity index (χ0n) is 85.4. The fourth-order valence-corrected chi connectivity index (χ4v) is 14.9. The second-order valence-electron chi connectivity index (χ2n) is 37.6. The molecule has 1 atom stereocenters. The highest BCUT2D eigenvalue weighted by atomic mass is 16.5. The lowest BCUT2D eigenvalue weighted by molar-refractivity contribution is -0.893.